The van der Waals surface area contributed by atoms with Gasteiger partial charge in [0.25, 0.3) is 0 Å². The Bertz CT molecular complexity index is 705. The number of amides is 1. The molecule has 0 aliphatic heterocycles. The zero-order chi connectivity index (χ0) is 17.9. The van der Waals surface area contributed by atoms with Crippen molar-refractivity contribution in [3.63, 3.8) is 0 Å². The average Bonchev–Trinajstić information content (AvgIpc) is 2.81. The topological polar surface area (TPSA) is 59.4 Å². The maximum atomic E-state index is 12.4. The van der Waals surface area contributed by atoms with Crippen molar-refractivity contribution in [2.24, 2.45) is 7.05 Å². The van der Waals surface area contributed by atoms with Crippen LogP contribution in [0.3, 0.4) is 0 Å². The predicted molar refractivity (Wildman–Crippen MR) is 96.3 cm³/mol. The summed E-state index contributed by atoms with van der Waals surface area (Å²) >= 11 is 0. The van der Waals surface area contributed by atoms with Crippen molar-refractivity contribution in [2.45, 2.75) is 26.3 Å². The molecule has 0 saturated heterocycles. The molecule has 2 rings (SSSR count). The number of carbonyl (C=O) groups is 1. The van der Waals surface area contributed by atoms with E-state index in [1.165, 1.54) is 0 Å². The minimum Gasteiger partial charge on any atom is -0.497 e. The number of methoxy groups -OCH3 is 1. The molecular weight excluding hydrogens is 304 g/mol. The molecule has 0 radical (unpaired) electrons. The van der Waals surface area contributed by atoms with E-state index in [0.717, 1.165) is 22.6 Å². The number of aryl methyl sites for hydroxylation is 2. The molecule has 0 aliphatic carbocycles. The molecular formula is C18H26N4O2. The molecule has 130 valence electrons. The van der Waals surface area contributed by atoms with Gasteiger partial charge >= 0.3 is 0 Å². The third kappa shape index (κ3) is 3.94. The normalized spacial score (nSPS) is 12.3. The standard InChI is InChI=1S/C18H26N4O2/c1-12(21(3)4)11-16(23)19-18-17(13(2)20-22(18)5)14-7-9-15(24-6)10-8-14/h7-10,12H,11H2,1-6H3,(H,19,23). The fourth-order valence-corrected chi connectivity index (χ4v) is 2.54. The molecule has 0 spiro atoms. The van der Waals surface area contributed by atoms with E-state index in [-0.39, 0.29) is 11.9 Å². The number of anilines is 1. The second-order valence-electron chi connectivity index (χ2n) is 6.23. The second-order valence-corrected chi connectivity index (χ2v) is 6.23. The molecule has 1 atom stereocenters. The van der Waals surface area contributed by atoms with Crippen molar-refractivity contribution < 1.29 is 9.53 Å². The van der Waals surface area contributed by atoms with Crippen molar-refractivity contribution in [3.05, 3.63) is 30.0 Å². The lowest BCUT2D eigenvalue weighted by molar-refractivity contribution is -0.117. The molecule has 1 heterocycles. The molecule has 1 N–H and O–H groups in total. The lowest BCUT2D eigenvalue weighted by atomic mass is 10.1. The van der Waals surface area contributed by atoms with Gasteiger partial charge in [-0.05, 0) is 45.6 Å². The van der Waals surface area contributed by atoms with Crippen molar-refractivity contribution in [3.8, 4) is 16.9 Å². The van der Waals surface area contributed by atoms with Crippen molar-refractivity contribution in [1.29, 1.82) is 0 Å². The smallest absolute Gasteiger partial charge is 0.227 e. The molecule has 0 bridgehead atoms. The number of nitrogens with zero attached hydrogens (tertiary/aromatic N) is 3. The Morgan fingerprint density at radius 1 is 1.33 bits per heavy atom. The van der Waals surface area contributed by atoms with Crippen molar-refractivity contribution in [1.82, 2.24) is 14.7 Å². The van der Waals surface area contributed by atoms with Gasteiger partial charge in [-0.15, -0.1) is 0 Å². The minimum atomic E-state index is -0.0195. The van der Waals surface area contributed by atoms with E-state index in [2.05, 4.69) is 10.4 Å². The van der Waals surface area contributed by atoms with E-state index >= 15 is 0 Å². The van der Waals surface area contributed by atoms with E-state index < -0.39 is 0 Å². The van der Waals surface area contributed by atoms with Crippen LogP contribution >= 0.6 is 0 Å². The van der Waals surface area contributed by atoms with Crippen LogP contribution in [0, 0.1) is 6.92 Å². The number of rotatable bonds is 6. The van der Waals surface area contributed by atoms with Gasteiger partial charge in [-0.3, -0.25) is 9.48 Å². The lowest BCUT2D eigenvalue weighted by Crippen LogP contribution is -2.30. The van der Waals surface area contributed by atoms with Gasteiger partial charge in [0.05, 0.1) is 12.8 Å². The first kappa shape index (κ1) is 18.0. The van der Waals surface area contributed by atoms with Gasteiger partial charge in [-0.1, -0.05) is 12.1 Å². The van der Waals surface area contributed by atoms with Crippen LogP contribution in [0.4, 0.5) is 5.82 Å². The zero-order valence-electron chi connectivity index (χ0n) is 15.3. The monoisotopic (exact) mass is 330 g/mol. The highest BCUT2D eigenvalue weighted by atomic mass is 16.5. The number of ether oxygens (including phenoxy) is 1. The van der Waals surface area contributed by atoms with Crippen LogP contribution in [0.15, 0.2) is 24.3 Å². The summed E-state index contributed by atoms with van der Waals surface area (Å²) in [6, 6.07) is 7.92. The summed E-state index contributed by atoms with van der Waals surface area (Å²) in [5.74, 6) is 1.49. The molecule has 0 fully saturated rings. The van der Waals surface area contributed by atoms with Gasteiger partial charge in [0.1, 0.15) is 11.6 Å². The second kappa shape index (κ2) is 7.49. The van der Waals surface area contributed by atoms with Crippen LogP contribution in [0.5, 0.6) is 5.75 Å². The van der Waals surface area contributed by atoms with Crippen molar-refractivity contribution >= 4 is 11.7 Å². The van der Waals surface area contributed by atoms with E-state index in [0.29, 0.717) is 12.2 Å². The van der Waals surface area contributed by atoms with Crippen LogP contribution < -0.4 is 10.1 Å². The van der Waals surface area contributed by atoms with E-state index in [4.69, 9.17) is 4.74 Å². The molecule has 1 amide bonds. The van der Waals surface area contributed by atoms with Gasteiger partial charge in [-0.25, -0.2) is 0 Å². The summed E-state index contributed by atoms with van der Waals surface area (Å²) in [5, 5.41) is 7.47. The maximum Gasteiger partial charge on any atom is 0.227 e. The largest absolute Gasteiger partial charge is 0.497 e. The molecule has 0 aliphatic rings. The summed E-state index contributed by atoms with van der Waals surface area (Å²) in [4.78, 5) is 14.4. The first-order chi connectivity index (χ1) is 11.3. The Labute approximate surface area is 143 Å². The average molecular weight is 330 g/mol. The Kier molecular flexibility index (Phi) is 5.62. The molecule has 0 saturated carbocycles. The predicted octanol–water partition coefficient (Wildman–Crippen LogP) is 2.68. The summed E-state index contributed by atoms with van der Waals surface area (Å²) in [5.41, 5.74) is 2.81. The summed E-state index contributed by atoms with van der Waals surface area (Å²) < 4.78 is 6.92. The molecule has 1 aromatic heterocycles. The first-order valence-corrected chi connectivity index (χ1v) is 7.97. The molecule has 1 aromatic carbocycles. The Morgan fingerprint density at radius 2 is 1.96 bits per heavy atom. The zero-order valence-corrected chi connectivity index (χ0v) is 15.3. The van der Waals surface area contributed by atoms with Gasteiger partial charge < -0.3 is 15.0 Å². The molecule has 2 aromatic rings. The van der Waals surface area contributed by atoms with Crippen LogP contribution in [0.25, 0.3) is 11.1 Å². The number of hydrogen-bond acceptors (Lipinski definition) is 4. The first-order valence-electron chi connectivity index (χ1n) is 7.97. The Morgan fingerprint density at radius 3 is 2.50 bits per heavy atom. The van der Waals surface area contributed by atoms with Crippen LogP contribution in [-0.2, 0) is 11.8 Å². The highest BCUT2D eigenvalue weighted by molar-refractivity contribution is 5.95. The third-order valence-corrected chi connectivity index (χ3v) is 4.22. The van der Waals surface area contributed by atoms with E-state index in [9.17, 15) is 4.79 Å². The quantitative estimate of drug-likeness (QED) is 0.885. The Hall–Kier alpha value is -2.34. The minimum absolute atomic E-state index is 0.0195. The van der Waals surface area contributed by atoms with Crippen LogP contribution in [0.1, 0.15) is 19.0 Å². The summed E-state index contributed by atoms with van der Waals surface area (Å²) in [6.07, 6.45) is 0.430. The van der Waals surface area contributed by atoms with E-state index in [1.54, 1.807) is 11.8 Å². The highest BCUT2D eigenvalue weighted by Gasteiger charge is 2.19. The van der Waals surface area contributed by atoms with Gasteiger partial charge in [0.15, 0.2) is 0 Å². The fourth-order valence-electron chi connectivity index (χ4n) is 2.54. The number of carbonyl (C=O) groups excluding carboxylic acids is 1. The van der Waals surface area contributed by atoms with Gasteiger partial charge in [-0.2, -0.15) is 5.10 Å². The summed E-state index contributed by atoms with van der Waals surface area (Å²) in [6.45, 7) is 3.97. The number of aromatic nitrogens is 2. The number of hydrogen-bond donors (Lipinski definition) is 1. The molecule has 6 heteroatoms. The molecule has 6 nitrogen and oxygen atoms in total. The lowest BCUT2D eigenvalue weighted by Gasteiger charge is -2.19. The van der Waals surface area contributed by atoms with Crippen LogP contribution in [0.2, 0.25) is 0 Å². The SMILES string of the molecule is COc1ccc(-c2c(C)nn(C)c2NC(=O)CC(C)N(C)C)cc1. The number of benzene rings is 1. The van der Waals surface area contributed by atoms with Gasteiger partial charge in [0.2, 0.25) is 5.91 Å². The molecule has 24 heavy (non-hydrogen) atoms. The fraction of sp³-hybridized carbons (Fsp3) is 0.444. The third-order valence-electron chi connectivity index (χ3n) is 4.22. The number of nitrogens with one attached hydrogen (secondary N) is 1. The molecule has 1 unspecified atom stereocenters. The van der Waals surface area contributed by atoms with Crippen LogP contribution in [-0.4, -0.2) is 47.8 Å². The van der Waals surface area contributed by atoms with E-state index in [1.807, 2.05) is 64.2 Å². The highest BCUT2D eigenvalue weighted by Crippen LogP contribution is 2.32. The van der Waals surface area contributed by atoms with Crippen molar-refractivity contribution in [2.75, 3.05) is 26.5 Å². The van der Waals surface area contributed by atoms with Gasteiger partial charge in [0, 0.05) is 25.1 Å². The Balaban J connectivity index is 2.28. The maximum absolute atomic E-state index is 12.4. The summed E-state index contributed by atoms with van der Waals surface area (Å²) in [7, 11) is 7.41.